The minimum atomic E-state index is -0.582. The number of hydrogen-bond acceptors (Lipinski definition) is 3. The van der Waals surface area contributed by atoms with Gasteiger partial charge in [0.25, 0.3) is 0 Å². The van der Waals surface area contributed by atoms with Crippen molar-refractivity contribution in [2.75, 3.05) is 12.3 Å². The number of nitrogens with zero attached hydrogens (tertiary/aromatic N) is 1. The Morgan fingerprint density at radius 1 is 1.10 bits per heavy atom. The van der Waals surface area contributed by atoms with Gasteiger partial charge in [-0.15, -0.1) is 11.8 Å². The van der Waals surface area contributed by atoms with E-state index < -0.39 is 6.04 Å². The number of hydrogen-bond donors (Lipinski definition) is 1. The van der Waals surface area contributed by atoms with Crippen LogP contribution in [-0.4, -0.2) is 35.1 Å². The molecule has 7 heteroatoms. The first-order chi connectivity index (χ1) is 14.3. The molecule has 0 fully saturated rings. The fraction of sp³-hybridized carbons (Fsp3) is 0.391. The molecule has 4 nitrogen and oxygen atoms in total. The van der Waals surface area contributed by atoms with Crippen molar-refractivity contribution < 1.29 is 14.0 Å². The van der Waals surface area contributed by atoms with Crippen LogP contribution in [0.5, 0.6) is 0 Å². The van der Waals surface area contributed by atoms with Crippen LogP contribution in [0.1, 0.15) is 31.9 Å². The van der Waals surface area contributed by atoms with Crippen LogP contribution in [0.15, 0.2) is 53.0 Å². The third kappa shape index (κ3) is 8.11. The van der Waals surface area contributed by atoms with Gasteiger partial charge in [0, 0.05) is 23.3 Å². The van der Waals surface area contributed by atoms with Crippen LogP contribution in [0.4, 0.5) is 4.39 Å². The molecule has 0 aromatic heterocycles. The van der Waals surface area contributed by atoms with E-state index >= 15 is 0 Å². The maximum atomic E-state index is 13.0. The second-order valence-corrected chi connectivity index (χ2v) is 9.49. The van der Waals surface area contributed by atoms with Crippen LogP contribution in [0.2, 0.25) is 0 Å². The van der Waals surface area contributed by atoms with E-state index in [4.69, 9.17) is 0 Å². The molecule has 0 aliphatic heterocycles. The van der Waals surface area contributed by atoms with Gasteiger partial charge >= 0.3 is 0 Å². The summed E-state index contributed by atoms with van der Waals surface area (Å²) in [5, 5.41) is 2.92. The lowest BCUT2D eigenvalue weighted by molar-refractivity contribution is -0.138. The van der Waals surface area contributed by atoms with Crippen LogP contribution in [0.3, 0.4) is 0 Å². The molecule has 2 aromatic rings. The SMILES string of the molecule is CC(C)CNC(=O)C(C)N(Cc1cccc(Br)c1)C(=O)CSCc1ccc(F)cc1. The molecule has 0 saturated carbocycles. The Morgan fingerprint density at radius 2 is 1.80 bits per heavy atom. The molecular formula is C23H28BrFN2O2S. The van der Waals surface area contributed by atoms with Gasteiger partial charge in [-0.3, -0.25) is 9.59 Å². The number of thioether (sulfide) groups is 1. The van der Waals surface area contributed by atoms with E-state index in [-0.39, 0.29) is 23.4 Å². The van der Waals surface area contributed by atoms with Gasteiger partial charge in [-0.25, -0.2) is 4.39 Å². The number of carbonyl (C=O) groups is 2. The van der Waals surface area contributed by atoms with Gasteiger partial charge in [-0.2, -0.15) is 0 Å². The van der Waals surface area contributed by atoms with Gasteiger partial charge in [0.15, 0.2) is 0 Å². The van der Waals surface area contributed by atoms with Gasteiger partial charge < -0.3 is 10.2 Å². The van der Waals surface area contributed by atoms with E-state index in [1.807, 2.05) is 38.1 Å². The minimum Gasteiger partial charge on any atom is -0.354 e. The Kier molecular flexibility index (Phi) is 9.85. The molecule has 0 bridgehead atoms. The number of rotatable bonds is 10. The number of amides is 2. The predicted molar refractivity (Wildman–Crippen MR) is 125 cm³/mol. The molecule has 1 N–H and O–H groups in total. The lowest BCUT2D eigenvalue weighted by atomic mass is 10.1. The zero-order valence-electron chi connectivity index (χ0n) is 17.5. The highest BCUT2D eigenvalue weighted by Crippen LogP contribution is 2.18. The second kappa shape index (κ2) is 12.1. The van der Waals surface area contributed by atoms with E-state index in [2.05, 4.69) is 21.2 Å². The van der Waals surface area contributed by atoms with Gasteiger partial charge in [0.05, 0.1) is 5.75 Å². The molecule has 0 aliphatic carbocycles. The van der Waals surface area contributed by atoms with Gasteiger partial charge in [0.1, 0.15) is 11.9 Å². The number of nitrogens with one attached hydrogen (secondary N) is 1. The van der Waals surface area contributed by atoms with Crippen molar-refractivity contribution in [2.24, 2.45) is 5.92 Å². The van der Waals surface area contributed by atoms with Gasteiger partial charge in [-0.05, 0) is 48.2 Å². The normalized spacial score (nSPS) is 11.9. The molecule has 30 heavy (non-hydrogen) atoms. The number of benzene rings is 2. The van der Waals surface area contributed by atoms with Crippen LogP contribution < -0.4 is 5.32 Å². The van der Waals surface area contributed by atoms with Gasteiger partial charge in [-0.1, -0.05) is 54.0 Å². The highest BCUT2D eigenvalue weighted by molar-refractivity contribution is 9.10. The molecule has 0 heterocycles. The Morgan fingerprint density at radius 3 is 2.43 bits per heavy atom. The smallest absolute Gasteiger partial charge is 0.242 e. The van der Waals surface area contributed by atoms with Crippen LogP contribution in [-0.2, 0) is 21.9 Å². The molecule has 0 aliphatic rings. The zero-order valence-corrected chi connectivity index (χ0v) is 19.9. The number of carbonyl (C=O) groups excluding carboxylic acids is 2. The largest absolute Gasteiger partial charge is 0.354 e. The van der Waals surface area contributed by atoms with Crippen molar-refractivity contribution in [3.8, 4) is 0 Å². The Balaban J connectivity index is 2.05. The van der Waals surface area contributed by atoms with E-state index in [1.54, 1.807) is 24.0 Å². The maximum Gasteiger partial charge on any atom is 0.242 e. The summed E-state index contributed by atoms with van der Waals surface area (Å²) in [6.45, 7) is 6.74. The monoisotopic (exact) mass is 494 g/mol. The first-order valence-corrected chi connectivity index (χ1v) is 11.8. The summed E-state index contributed by atoms with van der Waals surface area (Å²) in [7, 11) is 0. The Bertz CT molecular complexity index is 845. The highest BCUT2D eigenvalue weighted by Gasteiger charge is 2.26. The summed E-state index contributed by atoms with van der Waals surface area (Å²) in [6, 6.07) is 13.4. The van der Waals surface area contributed by atoms with Gasteiger partial charge in [0.2, 0.25) is 11.8 Å². The van der Waals surface area contributed by atoms with Crippen molar-refractivity contribution in [3.05, 3.63) is 69.9 Å². The quantitative estimate of drug-likeness (QED) is 0.504. The first-order valence-electron chi connectivity index (χ1n) is 9.90. The lowest BCUT2D eigenvalue weighted by Gasteiger charge is -2.29. The third-order valence-electron chi connectivity index (χ3n) is 4.50. The average molecular weight is 495 g/mol. The molecule has 0 saturated heterocycles. The summed E-state index contributed by atoms with van der Waals surface area (Å²) >= 11 is 4.91. The third-order valence-corrected chi connectivity index (χ3v) is 5.98. The molecule has 2 rings (SSSR count). The molecule has 2 aromatic carbocycles. The highest BCUT2D eigenvalue weighted by atomic mass is 79.9. The topological polar surface area (TPSA) is 49.4 Å². The van der Waals surface area contributed by atoms with E-state index in [0.29, 0.717) is 24.8 Å². The summed E-state index contributed by atoms with van der Waals surface area (Å²) in [6.07, 6.45) is 0. The fourth-order valence-corrected chi connectivity index (χ4v) is 4.10. The van der Waals surface area contributed by atoms with Crippen LogP contribution in [0, 0.1) is 11.7 Å². The van der Waals surface area contributed by atoms with Crippen molar-refractivity contribution in [2.45, 2.75) is 39.1 Å². The van der Waals surface area contributed by atoms with Crippen molar-refractivity contribution in [3.63, 3.8) is 0 Å². The maximum absolute atomic E-state index is 13.0. The fourth-order valence-electron chi connectivity index (χ4n) is 2.79. The predicted octanol–water partition coefficient (Wildman–Crippen LogP) is 5.01. The summed E-state index contributed by atoms with van der Waals surface area (Å²) in [4.78, 5) is 27.3. The second-order valence-electron chi connectivity index (χ2n) is 7.59. The molecule has 1 unspecified atom stereocenters. The average Bonchev–Trinajstić information content (AvgIpc) is 2.71. The molecule has 1 atom stereocenters. The van der Waals surface area contributed by atoms with Crippen LogP contribution >= 0.6 is 27.7 Å². The van der Waals surface area contributed by atoms with Crippen molar-refractivity contribution in [1.29, 1.82) is 0 Å². The Hall–Kier alpha value is -1.86. The standard InChI is InChI=1S/C23H28BrFN2O2S/c1-16(2)12-26-23(29)17(3)27(13-19-5-4-6-20(24)11-19)22(28)15-30-14-18-7-9-21(25)10-8-18/h4-11,16-17H,12-15H2,1-3H3,(H,26,29). The number of halogens is 2. The Labute approximate surface area is 190 Å². The molecular weight excluding hydrogens is 467 g/mol. The van der Waals surface area contributed by atoms with Crippen molar-refractivity contribution in [1.82, 2.24) is 10.2 Å². The van der Waals surface area contributed by atoms with Crippen LogP contribution in [0.25, 0.3) is 0 Å². The molecule has 2 amide bonds. The zero-order chi connectivity index (χ0) is 22.1. The minimum absolute atomic E-state index is 0.103. The summed E-state index contributed by atoms with van der Waals surface area (Å²) in [5.74, 6) is 0.644. The van der Waals surface area contributed by atoms with E-state index in [1.165, 1.54) is 23.9 Å². The summed E-state index contributed by atoms with van der Waals surface area (Å²) < 4.78 is 14.0. The summed E-state index contributed by atoms with van der Waals surface area (Å²) in [5.41, 5.74) is 1.90. The molecule has 0 radical (unpaired) electrons. The van der Waals surface area contributed by atoms with E-state index in [0.717, 1.165) is 15.6 Å². The first kappa shape index (κ1) is 24.4. The van der Waals surface area contributed by atoms with E-state index in [9.17, 15) is 14.0 Å². The van der Waals surface area contributed by atoms with Crippen molar-refractivity contribution >= 4 is 39.5 Å². The molecule has 162 valence electrons. The molecule has 0 spiro atoms. The lowest BCUT2D eigenvalue weighted by Crippen LogP contribution is -2.48.